The van der Waals surface area contributed by atoms with Gasteiger partial charge < -0.3 is 0 Å². The van der Waals surface area contributed by atoms with Gasteiger partial charge in [-0.15, -0.1) is 0 Å². The number of rotatable bonds is 4. The summed E-state index contributed by atoms with van der Waals surface area (Å²) in [5.41, 5.74) is -0.125. The summed E-state index contributed by atoms with van der Waals surface area (Å²) in [6.45, 7) is 6.12. The normalized spacial score (nSPS) is 12.7. The summed E-state index contributed by atoms with van der Waals surface area (Å²) >= 11 is 3.25. The van der Waals surface area contributed by atoms with E-state index in [-0.39, 0.29) is 17.1 Å². The first-order valence-electron chi connectivity index (χ1n) is 5.21. The van der Waals surface area contributed by atoms with E-state index in [9.17, 15) is 8.42 Å². The maximum atomic E-state index is 11.9. The summed E-state index contributed by atoms with van der Waals surface area (Å²) in [6, 6.07) is 6.60. The molecule has 1 rings (SSSR count). The number of sulfonamides is 1. The maximum Gasteiger partial charge on any atom is 0.241 e. The van der Waals surface area contributed by atoms with Gasteiger partial charge in [-0.3, -0.25) is 5.32 Å². The number of hydrogen-bond donors (Lipinski definition) is 2. The Bertz CT molecular complexity index is 480. The lowest BCUT2D eigenvalue weighted by Crippen LogP contribution is -2.43. The van der Waals surface area contributed by atoms with E-state index in [4.69, 9.17) is 0 Å². The first-order valence-corrected chi connectivity index (χ1v) is 7.49. The van der Waals surface area contributed by atoms with Crippen molar-refractivity contribution in [2.24, 2.45) is 0 Å². The van der Waals surface area contributed by atoms with Crippen molar-refractivity contribution in [1.29, 1.82) is 0 Å². The summed E-state index contributed by atoms with van der Waals surface area (Å²) in [6.07, 6.45) is 0. The molecule has 6 heteroatoms. The second-order valence-corrected chi connectivity index (χ2v) is 7.39. The molecule has 1 aromatic rings. The Kier molecular flexibility index (Phi) is 4.71. The van der Waals surface area contributed by atoms with Crippen molar-refractivity contribution in [2.45, 2.75) is 31.2 Å². The summed E-state index contributed by atoms with van der Waals surface area (Å²) in [7, 11) is -3.45. The summed E-state index contributed by atoms with van der Waals surface area (Å²) in [5.74, 6) is 0. The first kappa shape index (κ1) is 14.6. The number of benzene rings is 1. The molecule has 0 amide bonds. The van der Waals surface area contributed by atoms with E-state index in [0.717, 1.165) is 4.47 Å². The molecule has 4 nitrogen and oxygen atoms in total. The van der Waals surface area contributed by atoms with Gasteiger partial charge >= 0.3 is 0 Å². The third-order valence-electron chi connectivity index (χ3n) is 1.99. The van der Waals surface area contributed by atoms with E-state index in [1.165, 1.54) is 0 Å². The van der Waals surface area contributed by atoms with Crippen molar-refractivity contribution in [1.82, 2.24) is 10.0 Å². The van der Waals surface area contributed by atoms with Crippen molar-refractivity contribution in [3.8, 4) is 0 Å². The Morgan fingerprint density at radius 3 is 2.47 bits per heavy atom. The largest absolute Gasteiger partial charge is 0.299 e. The van der Waals surface area contributed by atoms with Crippen molar-refractivity contribution in [2.75, 3.05) is 6.67 Å². The maximum absolute atomic E-state index is 11.9. The van der Waals surface area contributed by atoms with Gasteiger partial charge in [0, 0.05) is 10.0 Å². The van der Waals surface area contributed by atoms with Crippen LogP contribution in [0.15, 0.2) is 33.6 Å². The third-order valence-corrected chi connectivity index (χ3v) is 3.88. The van der Waals surface area contributed by atoms with Gasteiger partial charge in [0.15, 0.2) is 0 Å². The van der Waals surface area contributed by atoms with Crippen molar-refractivity contribution in [3.63, 3.8) is 0 Å². The van der Waals surface area contributed by atoms with E-state index in [1.807, 2.05) is 20.8 Å². The molecule has 0 bridgehead atoms. The molecule has 0 fully saturated rings. The van der Waals surface area contributed by atoms with Crippen molar-refractivity contribution in [3.05, 3.63) is 28.7 Å². The topological polar surface area (TPSA) is 58.2 Å². The molecule has 0 spiro atoms. The minimum Gasteiger partial charge on any atom is -0.299 e. The van der Waals surface area contributed by atoms with Gasteiger partial charge in [0.25, 0.3) is 0 Å². The lowest BCUT2D eigenvalue weighted by molar-refractivity contribution is 0.422. The van der Waals surface area contributed by atoms with E-state index in [0.29, 0.717) is 0 Å². The van der Waals surface area contributed by atoms with Crippen LogP contribution < -0.4 is 10.0 Å². The van der Waals surface area contributed by atoms with Gasteiger partial charge in [0.2, 0.25) is 10.0 Å². The van der Waals surface area contributed by atoms with E-state index >= 15 is 0 Å². The van der Waals surface area contributed by atoms with Crippen LogP contribution in [0.4, 0.5) is 0 Å². The zero-order valence-electron chi connectivity index (χ0n) is 10.1. The Morgan fingerprint density at radius 1 is 1.29 bits per heavy atom. The summed E-state index contributed by atoms with van der Waals surface area (Å²) in [5, 5.41) is 3.06. The number of halogens is 1. The lowest BCUT2D eigenvalue weighted by atomic mass is 10.1. The SMILES string of the molecule is CC(C)(C)NCNS(=O)(=O)c1cccc(Br)c1. The molecule has 0 heterocycles. The number of hydrogen-bond acceptors (Lipinski definition) is 3. The van der Waals surface area contributed by atoms with Gasteiger partial charge in [0.1, 0.15) is 0 Å². The predicted octanol–water partition coefficient (Wildman–Crippen LogP) is 2.07. The van der Waals surface area contributed by atoms with Crippen LogP contribution in [0.2, 0.25) is 0 Å². The molecular formula is C11H17BrN2O2S. The van der Waals surface area contributed by atoms with Crippen LogP contribution in [0.1, 0.15) is 20.8 Å². The van der Waals surface area contributed by atoms with Gasteiger partial charge in [-0.1, -0.05) is 22.0 Å². The van der Waals surface area contributed by atoms with Gasteiger partial charge in [-0.25, -0.2) is 8.42 Å². The Morgan fingerprint density at radius 2 is 1.94 bits per heavy atom. The van der Waals surface area contributed by atoms with Crippen LogP contribution >= 0.6 is 15.9 Å². The van der Waals surface area contributed by atoms with E-state index in [2.05, 4.69) is 26.0 Å². The molecular weight excluding hydrogens is 304 g/mol. The molecule has 0 atom stereocenters. The first-order chi connectivity index (χ1) is 7.71. The molecule has 0 aromatic heterocycles. The second-order valence-electron chi connectivity index (χ2n) is 4.71. The standard InChI is InChI=1S/C11H17BrN2O2S/c1-11(2,3)13-8-14-17(15,16)10-6-4-5-9(12)7-10/h4-7,13-14H,8H2,1-3H3. The molecule has 96 valence electrons. The highest BCUT2D eigenvalue weighted by molar-refractivity contribution is 9.10. The molecule has 0 aliphatic rings. The highest BCUT2D eigenvalue weighted by atomic mass is 79.9. The van der Waals surface area contributed by atoms with Gasteiger partial charge in [-0.05, 0) is 39.0 Å². The molecule has 2 N–H and O–H groups in total. The van der Waals surface area contributed by atoms with Gasteiger partial charge in [0.05, 0.1) is 11.6 Å². The second kappa shape index (κ2) is 5.48. The summed E-state index contributed by atoms with van der Waals surface area (Å²) in [4.78, 5) is 0.252. The molecule has 0 saturated heterocycles. The van der Waals surface area contributed by atoms with Crippen LogP contribution in [-0.2, 0) is 10.0 Å². The van der Waals surface area contributed by atoms with E-state index in [1.54, 1.807) is 24.3 Å². The van der Waals surface area contributed by atoms with Crippen molar-refractivity contribution < 1.29 is 8.42 Å². The van der Waals surface area contributed by atoms with Gasteiger partial charge in [-0.2, -0.15) is 4.72 Å². The average Bonchev–Trinajstić information content (AvgIpc) is 2.15. The molecule has 1 aromatic carbocycles. The molecule has 0 aliphatic carbocycles. The zero-order chi connectivity index (χ0) is 13.1. The smallest absolute Gasteiger partial charge is 0.241 e. The molecule has 17 heavy (non-hydrogen) atoms. The molecule has 0 aliphatic heterocycles. The Hall–Kier alpha value is -0.430. The number of nitrogens with one attached hydrogen (secondary N) is 2. The quantitative estimate of drug-likeness (QED) is 0.835. The Labute approximate surface area is 111 Å². The molecule has 0 saturated carbocycles. The fourth-order valence-corrected chi connectivity index (χ4v) is 2.63. The van der Waals surface area contributed by atoms with E-state index < -0.39 is 10.0 Å². The van der Waals surface area contributed by atoms with Crippen LogP contribution in [-0.4, -0.2) is 20.6 Å². The highest BCUT2D eigenvalue weighted by Crippen LogP contribution is 2.15. The van der Waals surface area contributed by atoms with Crippen LogP contribution in [0.3, 0.4) is 0 Å². The monoisotopic (exact) mass is 320 g/mol. The van der Waals surface area contributed by atoms with Crippen LogP contribution in [0.5, 0.6) is 0 Å². The lowest BCUT2D eigenvalue weighted by Gasteiger charge is -2.20. The van der Waals surface area contributed by atoms with Crippen LogP contribution in [0.25, 0.3) is 0 Å². The predicted molar refractivity (Wildman–Crippen MR) is 72.2 cm³/mol. The molecule has 0 unspecified atom stereocenters. The average molecular weight is 321 g/mol. The highest BCUT2D eigenvalue weighted by Gasteiger charge is 2.15. The fourth-order valence-electron chi connectivity index (χ4n) is 1.11. The minimum atomic E-state index is -3.45. The van der Waals surface area contributed by atoms with Crippen LogP contribution in [0, 0.1) is 0 Å². The summed E-state index contributed by atoms with van der Waals surface area (Å²) < 4.78 is 27.0. The van der Waals surface area contributed by atoms with Crippen molar-refractivity contribution >= 4 is 26.0 Å². The minimum absolute atomic E-state index is 0.125. The zero-order valence-corrected chi connectivity index (χ0v) is 12.5. The molecule has 0 radical (unpaired) electrons. The Balaban J connectivity index is 2.70. The third kappa shape index (κ3) is 5.16. The fraction of sp³-hybridized carbons (Fsp3) is 0.455.